The second kappa shape index (κ2) is 4.51. The SMILES string of the molecule is COc1cccc(Nc2cc[c]cc2)c1. The van der Waals surface area contributed by atoms with E-state index >= 15 is 0 Å². The zero-order valence-corrected chi connectivity index (χ0v) is 8.53. The molecule has 0 unspecified atom stereocenters. The molecule has 0 saturated heterocycles. The molecule has 0 bridgehead atoms. The Morgan fingerprint density at radius 1 is 1.07 bits per heavy atom. The Morgan fingerprint density at radius 2 is 1.87 bits per heavy atom. The molecule has 2 nitrogen and oxygen atoms in total. The highest BCUT2D eigenvalue weighted by Gasteiger charge is 1.95. The largest absolute Gasteiger partial charge is 0.497 e. The van der Waals surface area contributed by atoms with Crippen LogP contribution in [0.3, 0.4) is 0 Å². The van der Waals surface area contributed by atoms with Gasteiger partial charge in [-0.3, -0.25) is 0 Å². The van der Waals surface area contributed by atoms with Gasteiger partial charge in [0.15, 0.2) is 0 Å². The predicted molar refractivity (Wildman–Crippen MR) is 61.6 cm³/mol. The first-order valence-corrected chi connectivity index (χ1v) is 4.76. The first kappa shape index (κ1) is 9.59. The van der Waals surface area contributed by atoms with E-state index in [1.165, 1.54) is 0 Å². The van der Waals surface area contributed by atoms with Crippen molar-refractivity contribution >= 4 is 11.4 Å². The smallest absolute Gasteiger partial charge is 0.120 e. The van der Waals surface area contributed by atoms with Gasteiger partial charge in [-0.25, -0.2) is 0 Å². The predicted octanol–water partition coefficient (Wildman–Crippen LogP) is 3.24. The van der Waals surface area contributed by atoms with E-state index in [-0.39, 0.29) is 0 Å². The molecular formula is C13H12NO. The van der Waals surface area contributed by atoms with Crippen LogP contribution in [-0.4, -0.2) is 7.11 Å². The third-order valence-electron chi connectivity index (χ3n) is 2.08. The lowest BCUT2D eigenvalue weighted by Gasteiger charge is -2.07. The fraction of sp³-hybridized carbons (Fsp3) is 0.0769. The van der Waals surface area contributed by atoms with E-state index in [0.717, 1.165) is 17.1 Å². The molecule has 0 aliphatic heterocycles. The molecule has 0 amide bonds. The van der Waals surface area contributed by atoms with Crippen LogP contribution in [0.4, 0.5) is 11.4 Å². The fourth-order valence-electron chi connectivity index (χ4n) is 1.34. The summed E-state index contributed by atoms with van der Waals surface area (Å²) in [4.78, 5) is 0. The first-order chi connectivity index (χ1) is 7.38. The van der Waals surface area contributed by atoms with Gasteiger partial charge in [-0.1, -0.05) is 18.2 Å². The van der Waals surface area contributed by atoms with E-state index in [2.05, 4.69) is 11.4 Å². The highest BCUT2D eigenvalue weighted by molar-refractivity contribution is 5.60. The topological polar surface area (TPSA) is 21.3 Å². The lowest BCUT2D eigenvalue weighted by atomic mass is 10.2. The van der Waals surface area contributed by atoms with Gasteiger partial charge in [-0.2, -0.15) is 0 Å². The lowest BCUT2D eigenvalue weighted by molar-refractivity contribution is 0.415. The lowest BCUT2D eigenvalue weighted by Crippen LogP contribution is -1.90. The molecule has 15 heavy (non-hydrogen) atoms. The van der Waals surface area contributed by atoms with Crippen molar-refractivity contribution in [2.75, 3.05) is 12.4 Å². The van der Waals surface area contributed by atoms with Crippen LogP contribution in [0.15, 0.2) is 48.5 Å². The highest BCUT2D eigenvalue weighted by Crippen LogP contribution is 2.20. The van der Waals surface area contributed by atoms with Crippen molar-refractivity contribution in [3.63, 3.8) is 0 Å². The molecule has 0 aliphatic carbocycles. The van der Waals surface area contributed by atoms with Gasteiger partial charge >= 0.3 is 0 Å². The van der Waals surface area contributed by atoms with E-state index in [1.54, 1.807) is 7.11 Å². The number of methoxy groups -OCH3 is 1. The number of ether oxygens (including phenoxy) is 1. The van der Waals surface area contributed by atoms with Crippen molar-refractivity contribution in [3.05, 3.63) is 54.6 Å². The van der Waals surface area contributed by atoms with E-state index in [1.807, 2.05) is 48.5 Å². The van der Waals surface area contributed by atoms with Crippen molar-refractivity contribution < 1.29 is 4.74 Å². The van der Waals surface area contributed by atoms with Crippen molar-refractivity contribution in [3.8, 4) is 5.75 Å². The van der Waals surface area contributed by atoms with Crippen molar-refractivity contribution in [1.82, 2.24) is 0 Å². The van der Waals surface area contributed by atoms with Gasteiger partial charge in [0.25, 0.3) is 0 Å². The van der Waals surface area contributed by atoms with Gasteiger partial charge in [-0.15, -0.1) is 0 Å². The first-order valence-electron chi connectivity index (χ1n) is 4.76. The number of rotatable bonds is 3. The Morgan fingerprint density at radius 3 is 2.60 bits per heavy atom. The second-order valence-corrected chi connectivity index (χ2v) is 3.15. The van der Waals surface area contributed by atoms with E-state index < -0.39 is 0 Å². The van der Waals surface area contributed by atoms with Crippen LogP contribution in [0.2, 0.25) is 0 Å². The maximum absolute atomic E-state index is 5.15. The standard InChI is InChI=1S/C13H12NO/c1-15-13-9-5-8-12(10-13)14-11-6-3-2-4-7-11/h3-10,14H,1H3. The van der Waals surface area contributed by atoms with Crippen LogP contribution in [0.1, 0.15) is 0 Å². The minimum absolute atomic E-state index is 0.850. The van der Waals surface area contributed by atoms with Crippen molar-refractivity contribution in [2.24, 2.45) is 0 Å². The number of hydrogen-bond donors (Lipinski definition) is 1. The molecule has 2 rings (SSSR count). The Hall–Kier alpha value is -1.96. The quantitative estimate of drug-likeness (QED) is 0.817. The molecule has 0 heterocycles. The zero-order valence-electron chi connectivity index (χ0n) is 8.53. The third-order valence-corrected chi connectivity index (χ3v) is 2.08. The summed E-state index contributed by atoms with van der Waals surface area (Å²) >= 11 is 0. The van der Waals surface area contributed by atoms with Gasteiger partial charge in [0.2, 0.25) is 0 Å². The summed E-state index contributed by atoms with van der Waals surface area (Å²) in [5.74, 6) is 0.850. The molecule has 2 aromatic rings. The number of nitrogens with one attached hydrogen (secondary N) is 1. The molecule has 0 spiro atoms. The molecule has 2 aromatic carbocycles. The monoisotopic (exact) mass is 198 g/mol. The van der Waals surface area contributed by atoms with Gasteiger partial charge in [0.1, 0.15) is 5.75 Å². The summed E-state index contributed by atoms with van der Waals surface area (Å²) in [5, 5.41) is 3.28. The van der Waals surface area contributed by atoms with Crippen LogP contribution in [-0.2, 0) is 0 Å². The van der Waals surface area contributed by atoms with Crippen LogP contribution >= 0.6 is 0 Å². The molecule has 0 fully saturated rings. The Labute approximate surface area is 89.5 Å². The maximum atomic E-state index is 5.15. The Bertz CT molecular complexity index is 426. The molecular weight excluding hydrogens is 186 g/mol. The van der Waals surface area contributed by atoms with E-state index in [0.29, 0.717) is 0 Å². The molecule has 0 aliphatic rings. The number of anilines is 2. The summed E-state index contributed by atoms with van der Waals surface area (Å²) in [6, 6.07) is 18.5. The number of hydrogen-bond acceptors (Lipinski definition) is 2. The molecule has 0 saturated carbocycles. The highest BCUT2D eigenvalue weighted by atomic mass is 16.5. The van der Waals surface area contributed by atoms with E-state index in [9.17, 15) is 0 Å². The van der Waals surface area contributed by atoms with Crippen LogP contribution in [0, 0.1) is 6.07 Å². The summed E-state index contributed by atoms with van der Waals surface area (Å²) in [6.07, 6.45) is 0. The van der Waals surface area contributed by atoms with Crippen molar-refractivity contribution in [2.45, 2.75) is 0 Å². The van der Waals surface area contributed by atoms with Crippen molar-refractivity contribution in [1.29, 1.82) is 0 Å². The summed E-state index contributed by atoms with van der Waals surface area (Å²) in [7, 11) is 1.66. The van der Waals surface area contributed by atoms with Gasteiger partial charge < -0.3 is 10.1 Å². The zero-order chi connectivity index (χ0) is 10.5. The normalized spacial score (nSPS) is 9.67. The molecule has 0 atom stereocenters. The second-order valence-electron chi connectivity index (χ2n) is 3.15. The van der Waals surface area contributed by atoms with Crippen LogP contribution in [0.5, 0.6) is 5.75 Å². The third kappa shape index (κ3) is 2.50. The molecule has 75 valence electrons. The molecule has 1 radical (unpaired) electrons. The fourth-order valence-corrected chi connectivity index (χ4v) is 1.34. The summed E-state index contributed by atoms with van der Waals surface area (Å²) in [6.45, 7) is 0. The van der Waals surface area contributed by atoms with Gasteiger partial charge in [0.05, 0.1) is 7.11 Å². The Balaban J connectivity index is 2.17. The van der Waals surface area contributed by atoms with Crippen LogP contribution < -0.4 is 10.1 Å². The minimum Gasteiger partial charge on any atom is -0.497 e. The average molecular weight is 198 g/mol. The Kier molecular flexibility index (Phi) is 2.88. The minimum atomic E-state index is 0.850. The summed E-state index contributed by atoms with van der Waals surface area (Å²) in [5.41, 5.74) is 2.06. The molecule has 1 N–H and O–H groups in total. The van der Waals surface area contributed by atoms with Crippen LogP contribution in [0.25, 0.3) is 0 Å². The molecule has 2 heteroatoms. The van der Waals surface area contributed by atoms with Gasteiger partial charge in [0, 0.05) is 17.4 Å². The molecule has 0 aromatic heterocycles. The van der Waals surface area contributed by atoms with E-state index in [4.69, 9.17) is 4.74 Å². The maximum Gasteiger partial charge on any atom is 0.120 e. The average Bonchev–Trinajstić information content (AvgIpc) is 2.31. The summed E-state index contributed by atoms with van der Waals surface area (Å²) < 4.78 is 5.15. The van der Waals surface area contributed by atoms with Gasteiger partial charge in [-0.05, 0) is 30.3 Å². The number of benzene rings is 2.